The second-order valence-electron chi connectivity index (χ2n) is 3.33. The fourth-order valence-corrected chi connectivity index (χ4v) is 2.41. The van der Waals surface area contributed by atoms with Gasteiger partial charge in [-0.2, -0.15) is 0 Å². The van der Waals surface area contributed by atoms with Gasteiger partial charge in [-0.05, 0) is 22.6 Å². The van der Waals surface area contributed by atoms with Crippen LogP contribution >= 0.6 is 35.0 Å². The second-order valence-corrected chi connectivity index (χ2v) is 5.21. The summed E-state index contributed by atoms with van der Waals surface area (Å²) in [6.07, 6.45) is 0. The standard InChI is InChI=1S/C10H10Cl2N4OS/c1-16-10(13-14-15-16)18-6-5-17-9-7(11)3-2-4-8(9)12/h2-4H,5-6H2,1H3. The van der Waals surface area contributed by atoms with Crippen LogP contribution < -0.4 is 4.74 Å². The minimum atomic E-state index is 0.473. The lowest BCUT2D eigenvalue weighted by molar-refractivity contribution is 0.344. The Kier molecular flexibility index (Phi) is 4.68. The van der Waals surface area contributed by atoms with Gasteiger partial charge in [-0.15, -0.1) is 5.10 Å². The lowest BCUT2D eigenvalue weighted by Crippen LogP contribution is -2.02. The van der Waals surface area contributed by atoms with E-state index in [-0.39, 0.29) is 0 Å². The fraction of sp³-hybridized carbons (Fsp3) is 0.300. The number of thioether (sulfide) groups is 1. The van der Waals surface area contributed by atoms with E-state index in [0.717, 1.165) is 5.16 Å². The first kappa shape index (κ1) is 13.5. The smallest absolute Gasteiger partial charge is 0.209 e. The monoisotopic (exact) mass is 304 g/mol. The van der Waals surface area contributed by atoms with Crippen LogP contribution in [0.1, 0.15) is 0 Å². The molecule has 0 saturated heterocycles. The minimum absolute atomic E-state index is 0.473. The highest BCUT2D eigenvalue weighted by molar-refractivity contribution is 7.99. The van der Waals surface area contributed by atoms with Gasteiger partial charge in [0.25, 0.3) is 0 Å². The summed E-state index contributed by atoms with van der Waals surface area (Å²) in [7, 11) is 1.79. The lowest BCUT2D eigenvalue weighted by atomic mass is 10.3. The number of benzene rings is 1. The van der Waals surface area contributed by atoms with Crippen LogP contribution in [0, 0.1) is 0 Å². The summed E-state index contributed by atoms with van der Waals surface area (Å²) in [5.41, 5.74) is 0. The molecule has 96 valence electrons. The van der Waals surface area contributed by atoms with E-state index in [9.17, 15) is 0 Å². The third kappa shape index (κ3) is 3.28. The van der Waals surface area contributed by atoms with E-state index < -0.39 is 0 Å². The average molecular weight is 305 g/mol. The van der Waals surface area contributed by atoms with E-state index in [1.807, 2.05) is 0 Å². The molecule has 0 radical (unpaired) electrons. The van der Waals surface area contributed by atoms with Crippen molar-refractivity contribution in [2.24, 2.45) is 7.05 Å². The van der Waals surface area contributed by atoms with Crippen molar-refractivity contribution in [2.45, 2.75) is 5.16 Å². The predicted octanol–water partition coefficient (Wildman–Crippen LogP) is 2.69. The van der Waals surface area contributed by atoms with Crippen LogP contribution in [0.15, 0.2) is 23.4 Å². The van der Waals surface area contributed by atoms with Crippen molar-refractivity contribution in [3.63, 3.8) is 0 Å². The molecule has 0 aliphatic carbocycles. The van der Waals surface area contributed by atoms with Gasteiger partial charge in [-0.25, -0.2) is 4.68 Å². The van der Waals surface area contributed by atoms with Gasteiger partial charge >= 0.3 is 0 Å². The number of nitrogens with zero attached hydrogens (tertiary/aromatic N) is 4. The predicted molar refractivity (Wildman–Crippen MR) is 71.5 cm³/mol. The van der Waals surface area contributed by atoms with Crippen molar-refractivity contribution in [3.05, 3.63) is 28.2 Å². The number of tetrazole rings is 1. The SMILES string of the molecule is Cn1nnnc1SCCOc1c(Cl)cccc1Cl. The maximum Gasteiger partial charge on any atom is 0.209 e. The molecule has 0 aliphatic rings. The molecule has 1 heterocycles. The second kappa shape index (κ2) is 6.26. The fourth-order valence-electron chi connectivity index (χ4n) is 1.24. The highest BCUT2D eigenvalue weighted by atomic mass is 35.5. The molecule has 0 N–H and O–H groups in total. The Labute approximate surface area is 118 Å². The van der Waals surface area contributed by atoms with Crippen LogP contribution in [0.25, 0.3) is 0 Å². The van der Waals surface area contributed by atoms with E-state index in [0.29, 0.717) is 28.2 Å². The summed E-state index contributed by atoms with van der Waals surface area (Å²) in [6, 6.07) is 5.25. The van der Waals surface area contributed by atoms with Gasteiger partial charge in [-0.3, -0.25) is 0 Å². The molecule has 1 aromatic heterocycles. The highest BCUT2D eigenvalue weighted by Gasteiger charge is 2.07. The van der Waals surface area contributed by atoms with Crippen LogP contribution in [0.4, 0.5) is 0 Å². The summed E-state index contributed by atoms with van der Waals surface area (Å²) in [6.45, 7) is 0.473. The quantitative estimate of drug-likeness (QED) is 0.628. The maximum atomic E-state index is 5.98. The topological polar surface area (TPSA) is 52.8 Å². The average Bonchev–Trinajstić information content (AvgIpc) is 2.73. The van der Waals surface area contributed by atoms with Gasteiger partial charge in [0.05, 0.1) is 16.7 Å². The van der Waals surface area contributed by atoms with Gasteiger partial charge in [-0.1, -0.05) is 41.0 Å². The molecule has 5 nitrogen and oxygen atoms in total. The van der Waals surface area contributed by atoms with Crippen molar-refractivity contribution < 1.29 is 4.74 Å². The number of hydrogen-bond donors (Lipinski definition) is 0. The Hall–Kier alpha value is -0.980. The highest BCUT2D eigenvalue weighted by Crippen LogP contribution is 2.32. The zero-order valence-corrected chi connectivity index (χ0v) is 11.8. The van der Waals surface area contributed by atoms with Crippen molar-refractivity contribution in [1.29, 1.82) is 0 Å². The van der Waals surface area contributed by atoms with Gasteiger partial charge in [0.15, 0.2) is 5.75 Å². The molecule has 2 rings (SSSR count). The Balaban J connectivity index is 1.84. The molecule has 0 saturated carbocycles. The molecule has 0 spiro atoms. The molecule has 0 atom stereocenters. The Morgan fingerprint density at radius 2 is 2.06 bits per heavy atom. The largest absolute Gasteiger partial charge is 0.490 e. The zero-order valence-electron chi connectivity index (χ0n) is 9.51. The van der Waals surface area contributed by atoms with Gasteiger partial charge in [0, 0.05) is 12.8 Å². The third-order valence-corrected chi connectivity index (χ3v) is 3.63. The van der Waals surface area contributed by atoms with Crippen LogP contribution in [0.2, 0.25) is 10.0 Å². The van der Waals surface area contributed by atoms with Gasteiger partial charge in [0.2, 0.25) is 5.16 Å². The Morgan fingerprint density at radius 1 is 1.33 bits per heavy atom. The van der Waals surface area contributed by atoms with E-state index in [4.69, 9.17) is 27.9 Å². The first-order valence-electron chi connectivity index (χ1n) is 5.10. The van der Waals surface area contributed by atoms with E-state index >= 15 is 0 Å². The lowest BCUT2D eigenvalue weighted by Gasteiger charge is -2.08. The molecule has 0 fully saturated rings. The minimum Gasteiger partial charge on any atom is -0.490 e. The van der Waals surface area contributed by atoms with E-state index in [2.05, 4.69) is 15.5 Å². The number of para-hydroxylation sites is 1. The van der Waals surface area contributed by atoms with Gasteiger partial charge in [0.1, 0.15) is 0 Å². The molecule has 2 aromatic rings. The van der Waals surface area contributed by atoms with Crippen molar-refractivity contribution >= 4 is 35.0 Å². The molecule has 18 heavy (non-hydrogen) atoms. The molecular formula is C10H10Cl2N4OS. The normalized spacial score (nSPS) is 10.6. The molecule has 0 bridgehead atoms. The summed E-state index contributed by atoms with van der Waals surface area (Å²) in [5, 5.41) is 12.9. The summed E-state index contributed by atoms with van der Waals surface area (Å²) in [4.78, 5) is 0. The summed E-state index contributed by atoms with van der Waals surface area (Å²) >= 11 is 13.5. The Bertz CT molecular complexity index is 514. The van der Waals surface area contributed by atoms with Crippen molar-refractivity contribution in [3.8, 4) is 5.75 Å². The first-order valence-corrected chi connectivity index (χ1v) is 6.84. The number of halogens is 2. The molecule has 0 amide bonds. The van der Waals surface area contributed by atoms with Crippen LogP contribution in [-0.4, -0.2) is 32.6 Å². The molecule has 0 unspecified atom stereocenters. The molecular weight excluding hydrogens is 295 g/mol. The number of hydrogen-bond acceptors (Lipinski definition) is 5. The maximum absolute atomic E-state index is 5.98. The molecule has 1 aromatic carbocycles. The number of aromatic nitrogens is 4. The summed E-state index contributed by atoms with van der Waals surface area (Å²) in [5.74, 6) is 1.22. The van der Waals surface area contributed by atoms with E-state index in [1.54, 1.807) is 29.9 Å². The number of ether oxygens (including phenoxy) is 1. The molecule has 0 aliphatic heterocycles. The zero-order chi connectivity index (χ0) is 13.0. The Morgan fingerprint density at radius 3 is 2.67 bits per heavy atom. The van der Waals surface area contributed by atoms with Crippen LogP contribution in [0.3, 0.4) is 0 Å². The number of aryl methyl sites for hydroxylation is 1. The first-order chi connectivity index (χ1) is 8.68. The van der Waals surface area contributed by atoms with Crippen LogP contribution in [0.5, 0.6) is 5.75 Å². The van der Waals surface area contributed by atoms with Crippen molar-refractivity contribution in [2.75, 3.05) is 12.4 Å². The number of rotatable bonds is 5. The molecule has 8 heteroatoms. The van der Waals surface area contributed by atoms with E-state index in [1.165, 1.54) is 11.8 Å². The third-order valence-electron chi connectivity index (χ3n) is 2.06. The van der Waals surface area contributed by atoms with Crippen molar-refractivity contribution in [1.82, 2.24) is 20.2 Å². The van der Waals surface area contributed by atoms with Gasteiger partial charge < -0.3 is 4.74 Å². The summed E-state index contributed by atoms with van der Waals surface area (Å²) < 4.78 is 7.15. The van der Waals surface area contributed by atoms with Crippen LogP contribution in [-0.2, 0) is 7.05 Å².